The Kier molecular flexibility index (Phi) is 2.84. The fourth-order valence-electron chi connectivity index (χ4n) is 1.63. The van der Waals surface area contributed by atoms with Crippen molar-refractivity contribution in [3.05, 3.63) is 28.3 Å². The third kappa shape index (κ3) is 1.83. The third-order valence-electron chi connectivity index (χ3n) is 2.59. The van der Waals surface area contributed by atoms with Gasteiger partial charge < -0.3 is 11.1 Å². The fraction of sp³-hybridized carbons (Fsp3) is 0.200. The van der Waals surface area contributed by atoms with Crippen molar-refractivity contribution in [1.29, 1.82) is 0 Å². The van der Waals surface area contributed by atoms with E-state index in [1.807, 2.05) is 0 Å². The van der Waals surface area contributed by atoms with E-state index in [0.29, 0.717) is 23.0 Å². The number of rotatable bonds is 3. The molecule has 8 heteroatoms. The zero-order valence-corrected chi connectivity index (χ0v) is 9.91. The molecule has 0 fully saturated rings. The van der Waals surface area contributed by atoms with Gasteiger partial charge >= 0.3 is 0 Å². The predicted octanol–water partition coefficient (Wildman–Crippen LogP) is 1.01. The summed E-state index contributed by atoms with van der Waals surface area (Å²) in [6, 6.07) is 4.23. The molecule has 1 aromatic heterocycles. The first kappa shape index (κ1) is 11.8. The van der Waals surface area contributed by atoms with Crippen LogP contribution in [0.2, 0.25) is 0 Å². The molecule has 0 aliphatic carbocycles. The van der Waals surface area contributed by atoms with E-state index in [2.05, 4.69) is 15.5 Å². The number of nitrogen functional groups attached to an aromatic ring is 1. The zero-order chi connectivity index (χ0) is 13.3. The first-order valence-electron chi connectivity index (χ1n) is 5.16. The Morgan fingerprint density at radius 2 is 2.17 bits per heavy atom. The maximum atomic E-state index is 10.8. The second kappa shape index (κ2) is 4.32. The highest BCUT2D eigenvalue weighted by Crippen LogP contribution is 2.29. The molecule has 0 bridgehead atoms. The lowest BCUT2D eigenvalue weighted by atomic mass is 10.1. The molecule has 94 valence electrons. The van der Waals surface area contributed by atoms with Crippen molar-refractivity contribution in [2.24, 2.45) is 7.05 Å². The normalized spacial score (nSPS) is 10.3. The lowest BCUT2D eigenvalue weighted by Crippen LogP contribution is -2.01. The number of nitro benzene ring substituents is 1. The monoisotopic (exact) mass is 248 g/mol. The van der Waals surface area contributed by atoms with Gasteiger partial charge in [0.15, 0.2) is 5.82 Å². The molecule has 0 saturated carbocycles. The molecule has 0 amide bonds. The van der Waals surface area contributed by atoms with Gasteiger partial charge in [-0.15, -0.1) is 10.2 Å². The van der Waals surface area contributed by atoms with Gasteiger partial charge in [0.2, 0.25) is 5.95 Å². The number of nitrogens with two attached hydrogens (primary N) is 1. The molecule has 0 aliphatic heterocycles. The zero-order valence-electron chi connectivity index (χ0n) is 9.91. The van der Waals surface area contributed by atoms with Crippen LogP contribution in [0.3, 0.4) is 0 Å². The minimum Gasteiger partial charge on any atom is -0.398 e. The van der Waals surface area contributed by atoms with Gasteiger partial charge in [0.05, 0.1) is 4.92 Å². The third-order valence-corrected chi connectivity index (χ3v) is 2.59. The topological polar surface area (TPSA) is 112 Å². The van der Waals surface area contributed by atoms with Gasteiger partial charge in [0.25, 0.3) is 5.69 Å². The highest BCUT2D eigenvalue weighted by atomic mass is 16.6. The van der Waals surface area contributed by atoms with Crippen LogP contribution in [0, 0.1) is 10.1 Å². The average molecular weight is 248 g/mol. The molecule has 1 heterocycles. The maximum Gasteiger partial charge on any atom is 0.270 e. The molecule has 0 saturated heterocycles. The van der Waals surface area contributed by atoms with Crippen molar-refractivity contribution in [3.63, 3.8) is 0 Å². The van der Waals surface area contributed by atoms with E-state index in [9.17, 15) is 10.1 Å². The number of non-ortho nitro benzene ring substituents is 1. The summed E-state index contributed by atoms with van der Waals surface area (Å²) in [4.78, 5) is 10.3. The Bertz CT molecular complexity index is 606. The summed E-state index contributed by atoms with van der Waals surface area (Å²) in [6.07, 6.45) is 0. The van der Waals surface area contributed by atoms with Crippen molar-refractivity contribution in [3.8, 4) is 11.4 Å². The Hall–Kier alpha value is -2.64. The SMILES string of the molecule is CNc1nnc(-c2cc([N+](=O)[O-])ccc2N)n1C. The number of aromatic nitrogens is 3. The van der Waals surface area contributed by atoms with Gasteiger partial charge in [-0.3, -0.25) is 14.7 Å². The molecule has 2 rings (SSSR count). The summed E-state index contributed by atoms with van der Waals surface area (Å²) >= 11 is 0. The smallest absolute Gasteiger partial charge is 0.270 e. The van der Waals surface area contributed by atoms with Gasteiger partial charge in [-0.25, -0.2) is 0 Å². The maximum absolute atomic E-state index is 10.8. The molecule has 0 unspecified atom stereocenters. The summed E-state index contributed by atoms with van der Waals surface area (Å²) in [5, 5.41) is 21.5. The summed E-state index contributed by atoms with van der Waals surface area (Å²) in [7, 11) is 3.46. The van der Waals surface area contributed by atoms with E-state index >= 15 is 0 Å². The largest absolute Gasteiger partial charge is 0.398 e. The van der Waals surface area contributed by atoms with Crippen molar-refractivity contribution in [2.45, 2.75) is 0 Å². The van der Waals surface area contributed by atoms with Gasteiger partial charge in [-0.05, 0) is 6.07 Å². The van der Waals surface area contributed by atoms with Crippen LogP contribution in [-0.2, 0) is 7.05 Å². The van der Waals surface area contributed by atoms with Crippen LogP contribution in [0.5, 0.6) is 0 Å². The molecule has 0 atom stereocenters. The Morgan fingerprint density at radius 3 is 2.72 bits per heavy atom. The molecule has 0 radical (unpaired) electrons. The lowest BCUT2D eigenvalue weighted by Gasteiger charge is -2.05. The molecule has 2 aromatic rings. The van der Waals surface area contributed by atoms with Gasteiger partial charge in [-0.1, -0.05) is 0 Å². The quantitative estimate of drug-likeness (QED) is 0.476. The minimum atomic E-state index is -0.474. The van der Waals surface area contributed by atoms with E-state index in [0.717, 1.165) is 0 Å². The Balaban J connectivity index is 2.59. The number of nitrogens with one attached hydrogen (secondary N) is 1. The molecule has 18 heavy (non-hydrogen) atoms. The van der Waals surface area contributed by atoms with Crippen LogP contribution in [0.15, 0.2) is 18.2 Å². The number of hydrogen-bond acceptors (Lipinski definition) is 6. The average Bonchev–Trinajstić information content (AvgIpc) is 2.70. The Labute approximate surface area is 103 Å². The van der Waals surface area contributed by atoms with Crippen LogP contribution in [0.4, 0.5) is 17.3 Å². The van der Waals surface area contributed by atoms with Crippen LogP contribution in [-0.4, -0.2) is 26.7 Å². The Morgan fingerprint density at radius 1 is 1.44 bits per heavy atom. The first-order valence-corrected chi connectivity index (χ1v) is 5.16. The van der Waals surface area contributed by atoms with Crippen molar-refractivity contribution in [1.82, 2.24) is 14.8 Å². The highest BCUT2D eigenvalue weighted by Gasteiger charge is 2.16. The predicted molar refractivity (Wildman–Crippen MR) is 67.1 cm³/mol. The summed E-state index contributed by atoms with van der Waals surface area (Å²) in [6.45, 7) is 0. The van der Waals surface area contributed by atoms with Crippen molar-refractivity contribution < 1.29 is 4.92 Å². The molecule has 3 N–H and O–H groups in total. The van der Waals surface area contributed by atoms with Gasteiger partial charge in [0, 0.05) is 37.5 Å². The van der Waals surface area contributed by atoms with Crippen LogP contribution in [0.25, 0.3) is 11.4 Å². The van der Waals surface area contributed by atoms with Crippen molar-refractivity contribution >= 4 is 17.3 Å². The van der Waals surface area contributed by atoms with Crippen LogP contribution >= 0.6 is 0 Å². The number of nitrogens with zero attached hydrogens (tertiary/aromatic N) is 4. The standard InChI is InChI=1S/C10H12N6O2/c1-12-10-14-13-9(15(10)2)7-5-6(16(17)18)3-4-8(7)11/h3-5H,11H2,1-2H3,(H,12,14). The molecule has 1 aromatic carbocycles. The van der Waals surface area contributed by atoms with Gasteiger partial charge in [-0.2, -0.15) is 0 Å². The number of nitro groups is 1. The second-order valence-electron chi connectivity index (χ2n) is 3.68. The lowest BCUT2D eigenvalue weighted by molar-refractivity contribution is -0.384. The summed E-state index contributed by atoms with van der Waals surface area (Å²) < 4.78 is 1.68. The fourth-order valence-corrected chi connectivity index (χ4v) is 1.63. The van der Waals surface area contributed by atoms with E-state index in [4.69, 9.17) is 5.73 Å². The number of hydrogen-bond donors (Lipinski definition) is 2. The minimum absolute atomic E-state index is 0.0341. The first-order chi connectivity index (χ1) is 8.54. The van der Waals surface area contributed by atoms with Gasteiger partial charge in [0.1, 0.15) is 0 Å². The molecule has 0 aliphatic rings. The van der Waals surface area contributed by atoms with Crippen LogP contribution < -0.4 is 11.1 Å². The second-order valence-corrected chi connectivity index (χ2v) is 3.68. The van der Waals surface area contributed by atoms with E-state index < -0.39 is 4.92 Å². The van der Waals surface area contributed by atoms with E-state index in [1.165, 1.54) is 18.2 Å². The summed E-state index contributed by atoms with van der Waals surface area (Å²) in [5.41, 5.74) is 6.69. The molecular weight excluding hydrogens is 236 g/mol. The molecular formula is C10H12N6O2. The van der Waals surface area contributed by atoms with Crippen molar-refractivity contribution in [2.75, 3.05) is 18.1 Å². The van der Waals surface area contributed by atoms with E-state index in [-0.39, 0.29) is 5.69 Å². The van der Waals surface area contributed by atoms with Crippen LogP contribution in [0.1, 0.15) is 0 Å². The summed E-state index contributed by atoms with van der Waals surface area (Å²) in [5.74, 6) is 1.02. The number of anilines is 2. The molecule has 8 nitrogen and oxygen atoms in total. The highest BCUT2D eigenvalue weighted by molar-refractivity contribution is 5.74. The number of benzene rings is 1. The van der Waals surface area contributed by atoms with E-state index in [1.54, 1.807) is 18.7 Å². The molecule has 0 spiro atoms.